The van der Waals surface area contributed by atoms with Crippen molar-refractivity contribution in [3.8, 4) is 0 Å². The van der Waals surface area contributed by atoms with Gasteiger partial charge in [0.1, 0.15) is 5.82 Å². The molecule has 1 aliphatic heterocycles. The number of amides is 2. The molecule has 5 heteroatoms. The van der Waals surface area contributed by atoms with E-state index in [9.17, 15) is 14.0 Å². The molecular formula is C25H23FN2O2. The predicted molar refractivity (Wildman–Crippen MR) is 117 cm³/mol. The molecule has 0 aliphatic carbocycles. The van der Waals surface area contributed by atoms with Gasteiger partial charge in [-0.15, -0.1) is 0 Å². The lowest BCUT2D eigenvalue weighted by Crippen LogP contribution is -2.35. The molecule has 1 N–H and O–H groups in total. The third kappa shape index (κ3) is 4.10. The Bertz CT molecular complexity index is 1080. The van der Waals surface area contributed by atoms with Gasteiger partial charge in [0.05, 0.1) is 0 Å². The zero-order chi connectivity index (χ0) is 21.1. The van der Waals surface area contributed by atoms with Crippen molar-refractivity contribution in [2.24, 2.45) is 0 Å². The number of halogens is 1. The first kappa shape index (κ1) is 19.8. The molecule has 0 bridgehead atoms. The van der Waals surface area contributed by atoms with E-state index >= 15 is 0 Å². The number of carbonyl (C=O) groups is 2. The van der Waals surface area contributed by atoms with Crippen LogP contribution < -0.4 is 10.2 Å². The lowest BCUT2D eigenvalue weighted by molar-refractivity contribution is 0.0984. The third-order valence-electron chi connectivity index (χ3n) is 5.42. The van der Waals surface area contributed by atoms with Crippen molar-refractivity contribution in [3.63, 3.8) is 0 Å². The Morgan fingerprint density at radius 1 is 0.967 bits per heavy atom. The number of rotatable bonds is 4. The lowest BCUT2D eigenvalue weighted by Gasteiger charge is -2.30. The summed E-state index contributed by atoms with van der Waals surface area (Å²) in [5.74, 6) is -0.709. The molecule has 0 saturated heterocycles. The van der Waals surface area contributed by atoms with Crippen LogP contribution in [0.2, 0.25) is 0 Å². The summed E-state index contributed by atoms with van der Waals surface area (Å²) in [6.45, 7) is 2.68. The van der Waals surface area contributed by atoms with Gasteiger partial charge in [0.2, 0.25) is 0 Å². The van der Waals surface area contributed by atoms with Crippen LogP contribution >= 0.6 is 0 Å². The summed E-state index contributed by atoms with van der Waals surface area (Å²) in [5, 5.41) is 2.93. The number of fused-ring (bicyclic) bond motifs is 1. The molecule has 4 rings (SSSR count). The second-order valence-corrected chi connectivity index (χ2v) is 7.42. The van der Waals surface area contributed by atoms with Crippen LogP contribution in [0, 0.1) is 5.82 Å². The van der Waals surface area contributed by atoms with E-state index in [2.05, 4.69) is 12.2 Å². The maximum Gasteiger partial charge on any atom is 0.258 e. The fraction of sp³-hybridized carbons (Fsp3) is 0.200. The molecular weight excluding hydrogens is 379 g/mol. The standard InChI is InChI=1S/C25H23FN2O2/c1-2-17-5-12-22(13-6-17)27-24(29)20-9-14-23-19(16-20)4-3-15-28(23)25(30)18-7-10-21(26)11-8-18/h5-14,16H,2-4,15H2,1H3,(H,27,29). The highest BCUT2D eigenvalue weighted by Gasteiger charge is 2.24. The lowest BCUT2D eigenvalue weighted by atomic mass is 9.98. The van der Waals surface area contributed by atoms with Crippen LogP contribution in [0.1, 0.15) is 45.2 Å². The SMILES string of the molecule is CCc1ccc(NC(=O)c2ccc3c(c2)CCCN3C(=O)c2ccc(F)cc2)cc1. The number of aryl methyl sites for hydroxylation is 2. The van der Waals surface area contributed by atoms with Gasteiger partial charge in [-0.25, -0.2) is 4.39 Å². The summed E-state index contributed by atoms with van der Waals surface area (Å²) >= 11 is 0. The van der Waals surface area contributed by atoms with Crippen molar-refractivity contribution in [3.05, 3.63) is 94.8 Å². The minimum absolute atomic E-state index is 0.163. The fourth-order valence-electron chi connectivity index (χ4n) is 3.72. The number of benzene rings is 3. The Kier molecular flexibility index (Phi) is 5.61. The minimum atomic E-state index is -0.370. The monoisotopic (exact) mass is 402 g/mol. The summed E-state index contributed by atoms with van der Waals surface area (Å²) in [7, 11) is 0. The van der Waals surface area contributed by atoms with E-state index in [0.717, 1.165) is 36.2 Å². The third-order valence-corrected chi connectivity index (χ3v) is 5.42. The summed E-state index contributed by atoms with van der Waals surface area (Å²) in [5.41, 5.74) is 4.74. The van der Waals surface area contributed by atoms with Crippen molar-refractivity contribution in [2.75, 3.05) is 16.8 Å². The summed E-state index contributed by atoms with van der Waals surface area (Å²) < 4.78 is 13.2. The van der Waals surface area contributed by atoms with Crippen LogP contribution in [0.3, 0.4) is 0 Å². The molecule has 3 aromatic carbocycles. The van der Waals surface area contributed by atoms with Gasteiger partial charge in [0.15, 0.2) is 0 Å². The maximum absolute atomic E-state index is 13.2. The average Bonchev–Trinajstić information content (AvgIpc) is 2.79. The largest absolute Gasteiger partial charge is 0.322 e. The molecule has 2 amide bonds. The molecule has 152 valence electrons. The van der Waals surface area contributed by atoms with E-state index < -0.39 is 0 Å². The van der Waals surface area contributed by atoms with Crippen molar-refractivity contribution < 1.29 is 14.0 Å². The number of nitrogens with zero attached hydrogens (tertiary/aromatic N) is 1. The van der Waals surface area contributed by atoms with E-state index in [4.69, 9.17) is 0 Å². The first-order valence-corrected chi connectivity index (χ1v) is 10.2. The van der Waals surface area contributed by atoms with Crippen LogP contribution in [-0.4, -0.2) is 18.4 Å². The van der Waals surface area contributed by atoms with Gasteiger partial charge in [0.25, 0.3) is 11.8 Å². The van der Waals surface area contributed by atoms with Crippen molar-refractivity contribution >= 4 is 23.2 Å². The molecule has 30 heavy (non-hydrogen) atoms. The number of anilines is 2. The van der Waals surface area contributed by atoms with E-state index in [-0.39, 0.29) is 17.6 Å². The maximum atomic E-state index is 13.2. The van der Waals surface area contributed by atoms with Gasteiger partial charge in [-0.3, -0.25) is 9.59 Å². The van der Waals surface area contributed by atoms with E-state index in [1.807, 2.05) is 36.4 Å². The molecule has 1 heterocycles. The van der Waals surface area contributed by atoms with Crippen LogP contribution in [-0.2, 0) is 12.8 Å². The number of carbonyl (C=O) groups excluding carboxylic acids is 2. The second kappa shape index (κ2) is 8.49. The smallest absolute Gasteiger partial charge is 0.258 e. The summed E-state index contributed by atoms with van der Waals surface area (Å²) in [4.78, 5) is 27.3. The van der Waals surface area contributed by atoms with Gasteiger partial charge in [-0.05, 0) is 85.0 Å². The van der Waals surface area contributed by atoms with Crippen molar-refractivity contribution in [1.29, 1.82) is 0 Å². The molecule has 0 fully saturated rings. The van der Waals surface area contributed by atoms with Gasteiger partial charge in [0, 0.05) is 29.0 Å². The van der Waals surface area contributed by atoms with E-state index in [1.54, 1.807) is 11.0 Å². The fourth-order valence-corrected chi connectivity index (χ4v) is 3.72. The molecule has 0 aromatic heterocycles. The van der Waals surface area contributed by atoms with E-state index in [0.29, 0.717) is 17.7 Å². The minimum Gasteiger partial charge on any atom is -0.322 e. The number of hydrogen-bond donors (Lipinski definition) is 1. The highest BCUT2D eigenvalue weighted by atomic mass is 19.1. The number of hydrogen-bond acceptors (Lipinski definition) is 2. The normalized spacial score (nSPS) is 12.9. The molecule has 0 unspecified atom stereocenters. The van der Waals surface area contributed by atoms with Crippen LogP contribution in [0.4, 0.5) is 15.8 Å². The second-order valence-electron chi connectivity index (χ2n) is 7.42. The number of nitrogens with one attached hydrogen (secondary N) is 1. The Balaban J connectivity index is 1.54. The van der Waals surface area contributed by atoms with Crippen molar-refractivity contribution in [1.82, 2.24) is 0 Å². The molecule has 0 saturated carbocycles. The highest BCUT2D eigenvalue weighted by molar-refractivity contribution is 6.08. The van der Waals surface area contributed by atoms with Crippen LogP contribution in [0.15, 0.2) is 66.7 Å². The quantitative estimate of drug-likeness (QED) is 0.649. The molecule has 3 aromatic rings. The van der Waals surface area contributed by atoms with Gasteiger partial charge >= 0.3 is 0 Å². The van der Waals surface area contributed by atoms with Gasteiger partial charge < -0.3 is 10.2 Å². The Morgan fingerprint density at radius 3 is 2.37 bits per heavy atom. The molecule has 0 spiro atoms. The zero-order valence-electron chi connectivity index (χ0n) is 16.8. The first-order valence-electron chi connectivity index (χ1n) is 10.2. The van der Waals surface area contributed by atoms with Crippen LogP contribution in [0.25, 0.3) is 0 Å². The molecule has 0 atom stereocenters. The van der Waals surface area contributed by atoms with E-state index in [1.165, 1.54) is 29.8 Å². The van der Waals surface area contributed by atoms with Crippen LogP contribution in [0.5, 0.6) is 0 Å². The van der Waals surface area contributed by atoms with Gasteiger partial charge in [-0.2, -0.15) is 0 Å². The van der Waals surface area contributed by atoms with Gasteiger partial charge in [-0.1, -0.05) is 19.1 Å². The highest BCUT2D eigenvalue weighted by Crippen LogP contribution is 2.30. The summed E-state index contributed by atoms with van der Waals surface area (Å²) in [6.07, 6.45) is 2.56. The Morgan fingerprint density at radius 2 is 1.67 bits per heavy atom. The predicted octanol–water partition coefficient (Wildman–Crippen LogP) is 5.23. The zero-order valence-corrected chi connectivity index (χ0v) is 16.8. The topological polar surface area (TPSA) is 49.4 Å². The Hall–Kier alpha value is -3.47. The van der Waals surface area contributed by atoms with Crippen molar-refractivity contribution in [2.45, 2.75) is 26.2 Å². The average molecular weight is 402 g/mol. The Labute approximate surface area is 175 Å². The first-order chi connectivity index (χ1) is 14.5. The molecule has 1 aliphatic rings. The molecule has 0 radical (unpaired) electrons. The summed E-state index contributed by atoms with van der Waals surface area (Å²) in [6, 6.07) is 18.8. The molecule has 4 nitrogen and oxygen atoms in total.